The van der Waals surface area contributed by atoms with E-state index in [-0.39, 0.29) is 6.10 Å². The topological polar surface area (TPSA) is 75.9 Å². The fourth-order valence-electron chi connectivity index (χ4n) is 2.39. The molecule has 0 spiro atoms. The molecular weight excluding hydrogens is 262 g/mol. The maximum absolute atomic E-state index is 9.45. The molecule has 0 amide bonds. The molecule has 106 valence electrons. The lowest BCUT2D eigenvalue weighted by Gasteiger charge is -2.27. The van der Waals surface area contributed by atoms with Gasteiger partial charge in [-0.2, -0.15) is 0 Å². The Morgan fingerprint density at radius 1 is 1.42 bits per heavy atom. The minimum Gasteiger partial charge on any atom is -0.393 e. The number of nitrogens with one attached hydrogen (secondary N) is 1. The van der Waals surface area contributed by atoms with Crippen LogP contribution in [0.5, 0.6) is 0 Å². The Labute approximate surface area is 118 Å². The van der Waals surface area contributed by atoms with Crippen LogP contribution in [0, 0.1) is 0 Å². The molecule has 19 heavy (non-hydrogen) atoms. The molecule has 0 aromatic carbocycles. The van der Waals surface area contributed by atoms with Crippen molar-refractivity contribution < 1.29 is 5.11 Å². The molecule has 2 N–H and O–H groups in total. The number of aromatic nitrogens is 4. The van der Waals surface area contributed by atoms with Crippen molar-refractivity contribution in [1.82, 2.24) is 25.5 Å². The summed E-state index contributed by atoms with van der Waals surface area (Å²) in [4.78, 5) is 0.913. The Kier molecular flexibility index (Phi) is 5.21. The van der Waals surface area contributed by atoms with Crippen LogP contribution in [0.3, 0.4) is 0 Å². The quantitative estimate of drug-likeness (QED) is 0.777. The zero-order chi connectivity index (χ0) is 13.7. The minimum atomic E-state index is -0.116. The molecule has 2 rings (SSSR count). The van der Waals surface area contributed by atoms with E-state index < -0.39 is 0 Å². The predicted molar refractivity (Wildman–Crippen MR) is 75.7 cm³/mol. The van der Waals surface area contributed by atoms with E-state index in [1.54, 1.807) is 4.68 Å². The molecule has 0 aliphatic heterocycles. The van der Waals surface area contributed by atoms with Crippen LogP contribution < -0.4 is 5.32 Å². The van der Waals surface area contributed by atoms with Crippen molar-refractivity contribution in [2.24, 2.45) is 7.05 Å². The Morgan fingerprint density at radius 3 is 2.79 bits per heavy atom. The molecule has 1 aromatic heterocycles. The van der Waals surface area contributed by atoms with E-state index >= 15 is 0 Å². The molecule has 1 aliphatic rings. The van der Waals surface area contributed by atoms with Crippen LogP contribution in [-0.2, 0) is 13.5 Å². The van der Waals surface area contributed by atoms with Crippen molar-refractivity contribution in [2.45, 2.75) is 57.1 Å². The first-order valence-electron chi connectivity index (χ1n) is 6.84. The smallest absolute Gasteiger partial charge is 0.150 e. The van der Waals surface area contributed by atoms with E-state index in [0.717, 1.165) is 55.8 Å². The number of tetrazole rings is 1. The Balaban J connectivity index is 1.63. The summed E-state index contributed by atoms with van der Waals surface area (Å²) in [6, 6.07) is 0.437. The zero-order valence-electron chi connectivity index (χ0n) is 11.2. The summed E-state index contributed by atoms with van der Waals surface area (Å²) < 4.78 is 1.69. The highest BCUT2D eigenvalue weighted by Crippen LogP contribution is 2.18. The van der Waals surface area contributed by atoms with E-state index in [2.05, 4.69) is 20.8 Å². The lowest BCUT2D eigenvalue weighted by atomic mass is 9.93. The first kappa shape index (κ1) is 14.3. The maximum Gasteiger partial charge on any atom is 0.150 e. The highest BCUT2D eigenvalue weighted by molar-refractivity contribution is 7.80. The number of aryl methyl sites for hydroxylation is 2. The number of hydrogen-bond acceptors (Lipinski definition) is 5. The highest BCUT2D eigenvalue weighted by atomic mass is 32.1. The van der Waals surface area contributed by atoms with E-state index in [1.807, 2.05) is 7.05 Å². The first-order valence-corrected chi connectivity index (χ1v) is 7.24. The van der Waals surface area contributed by atoms with Gasteiger partial charge >= 0.3 is 0 Å². The van der Waals surface area contributed by atoms with Crippen LogP contribution in [0.15, 0.2) is 0 Å². The van der Waals surface area contributed by atoms with Gasteiger partial charge in [0.15, 0.2) is 5.82 Å². The average molecular weight is 283 g/mol. The van der Waals surface area contributed by atoms with Gasteiger partial charge in [-0.05, 0) is 49.0 Å². The number of rotatable bonds is 5. The van der Waals surface area contributed by atoms with Crippen LogP contribution in [0.2, 0.25) is 0 Å². The standard InChI is InChI=1S/C12H21N5OS/c1-17-11(14-15-16-17)3-2-4-12(19)13-9-5-7-10(18)8-6-9/h9-10,18H,2-8H2,1H3,(H,13,19). The predicted octanol–water partition coefficient (Wildman–Crippen LogP) is 0.753. The third-order valence-electron chi connectivity index (χ3n) is 3.57. The Hall–Kier alpha value is -1.08. The van der Waals surface area contributed by atoms with Crippen molar-refractivity contribution >= 4 is 17.2 Å². The monoisotopic (exact) mass is 283 g/mol. The van der Waals surface area contributed by atoms with Crippen molar-refractivity contribution in [1.29, 1.82) is 0 Å². The lowest BCUT2D eigenvalue weighted by molar-refractivity contribution is 0.120. The normalized spacial score (nSPS) is 23.3. The molecule has 0 radical (unpaired) electrons. The van der Waals surface area contributed by atoms with Gasteiger partial charge in [-0.1, -0.05) is 12.2 Å². The van der Waals surface area contributed by atoms with Crippen LogP contribution in [0.4, 0.5) is 0 Å². The van der Waals surface area contributed by atoms with Crippen LogP contribution in [0.25, 0.3) is 0 Å². The number of aliphatic hydroxyl groups excluding tert-OH is 1. The molecular formula is C12H21N5OS. The fourth-order valence-corrected chi connectivity index (χ4v) is 2.70. The highest BCUT2D eigenvalue weighted by Gasteiger charge is 2.19. The second-order valence-corrected chi connectivity index (χ2v) is 5.64. The summed E-state index contributed by atoms with van der Waals surface area (Å²) in [7, 11) is 1.85. The van der Waals surface area contributed by atoms with Crippen molar-refractivity contribution in [3.63, 3.8) is 0 Å². The molecule has 6 nitrogen and oxygen atoms in total. The minimum absolute atomic E-state index is 0.116. The van der Waals surface area contributed by atoms with Gasteiger partial charge in [-0.15, -0.1) is 5.10 Å². The molecule has 0 unspecified atom stereocenters. The fraction of sp³-hybridized carbons (Fsp3) is 0.833. The van der Waals surface area contributed by atoms with Crippen LogP contribution >= 0.6 is 12.2 Å². The number of hydrogen-bond donors (Lipinski definition) is 2. The van der Waals surface area contributed by atoms with Crippen molar-refractivity contribution in [3.8, 4) is 0 Å². The van der Waals surface area contributed by atoms with Gasteiger partial charge in [0, 0.05) is 19.5 Å². The maximum atomic E-state index is 9.45. The molecule has 0 atom stereocenters. The number of aliphatic hydroxyl groups is 1. The summed E-state index contributed by atoms with van der Waals surface area (Å²) >= 11 is 5.36. The average Bonchev–Trinajstić information content (AvgIpc) is 2.78. The van der Waals surface area contributed by atoms with Gasteiger partial charge in [0.1, 0.15) is 0 Å². The van der Waals surface area contributed by atoms with Gasteiger partial charge in [-0.3, -0.25) is 0 Å². The second-order valence-electron chi connectivity index (χ2n) is 5.15. The summed E-state index contributed by atoms with van der Waals surface area (Å²) in [6.45, 7) is 0. The van der Waals surface area contributed by atoms with Gasteiger partial charge in [0.2, 0.25) is 0 Å². The summed E-state index contributed by atoms with van der Waals surface area (Å²) in [5, 5.41) is 24.2. The Bertz CT molecular complexity index is 414. The van der Waals surface area contributed by atoms with Crippen molar-refractivity contribution in [3.05, 3.63) is 5.82 Å². The molecule has 1 fully saturated rings. The molecule has 1 saturated carbocycles. The van der Waals surface area contributed by atoms with Crippen LogP contribution in [-0.4, -0.2) is 42.4 Å². The third-order valence-corrected chi connectivity index (χ3v) is 3.90. The SMILES string of the molecule is Cn1nnnc1CCCC(=S)NC1CCC(O)CC1. The van der Waals surface area contributed by atoms with Gasteiger partial charge < -0.3 is 10.4 Å². The second kappa shape index (κ2) is 6.91. The van der Waals surface area contributed by atoms with Gasteiger partial charge in [-0.25, -0.2) is 4.68 Å². The molecule has 0 bridgehead atoms. The molecule has 1 aliphatic carbocycles. The molecule has 1 heterocycles. The first-order chi connectivity index (χ1) is 9.15. The summed E-state index contributed by atoms with van der Waals surface area (Å²) in [6.07, 6.45) is 6.32. The number of nitrogens with zero attached hydrogens (tertiary/aromatic N) is 4. The van der Waals surface area contributed by atoms with E-state index in [0.29, 0.717) is 6.04 Å². The molecule has 1 aromatic rings. The zero-order valence-corrected chi connectivity index (χ0v) is 12.1. The molecule has 7 heteroatoms. The largest absolute Gasteiger partial charge is 0.393 e. The van der Waals surface area contributed by atoms with E-state index in [9.17, 15) is 5.11 Å². The summed E-state index contributed by atoms with van der Waals surface area (Å²) in [5.41, 5.74) is 0. The summed E-state index contributed by atoms with van der Waals surface area (Å²) in [5.74, 6) is 0.892. The lowest BCUT2D eigenvalue weighted by Crippen LogP contribution is -2.37. The van der Waals surface area contributed by atoms with Crippen LogP contribution in [0.1, 0.15) is 44.3 Å². The van der Waals surface area contributed by atoms with E-state index in [4.69, 9.17) is 12.2 Å². The van der Waals surface area contributed by atoms with Gasteiger partial charge in [0.05, 0.1) is 11.1 Å². The van der Waals surface area contributed by atoms with Gasteiger partial charge in [0.25, 0.3) is 0 Å². The van der Waals surface area contributed by atoms with Crippen molar-refractivity contribution in [2.75, 3.05) is 0 Å². The third kappa shape index (κ3) is 4.50. The molecule has 0 saturated heterocycles. The van der Waals surface area contributed by atoms with E-state index in [1.165, 1.54) is 0 Å². The Morgan fingerprint density at radius 2 is 2.16 bits per heavy atom. The number of thiocarbonyl (C=S) groups is 1.